The number of carbonyl (C=O) groups excluding carboxylic acids is 2. The number of nitrogens with one attached hydrogen (secondary N) is 2. The SMILES string of the molecule is CC1CCN(Cc2ccc(CNC(=O)C(C)NC(=O)c3cccs3)cc2)CC1. The lowest BCUT2D eigenvalue weighted by Gasteiger charge is -2.30. The highest BCUT2D eigenvalue weighted by atomic mass is 32.1. The molecule has 5 nitrogen and oxygen atoms in total. The Balaban J connectivity index is 1.42. The Hall–Kier alpha value is -2.18. The van der Waals surface area contributed by atoms with E-state index in [1.54, 1.807) is 13.0 Å². The van der Waals surface area contributed by atoms with E-state index in [0.29, 0.717) is 11.4 Å². The largest absolute Gasteiger partial charge is 0.350 e. The second-order valence-electron chi connectivity index (χ2n) is 7.67. The molecule has 1 unspecified atom stereocenters. The van der Waals surface area contributed by atoms with Crippen molar-refractivity contribution in [3.8, 4) is 0 Å². The second-order valence-corrected chi connectivity index (χ2v) is 8.61. The van der Waals surface area contributed by atoms with E-state index in [9.17, 15) is 9.59 Å². The van der Waals surface area contributed by atoms with Crippen molar-refractivity contribution in [2.75, 3.05) is 13.1 Å². The molecule has 1 aliphatic rings. The van der Waals surface area contributed by atoms with Gasteiger partial charge in [-0.25, -0.2) is 0 Å². The topological polar surface area (TPSA) is 61.4 Å². The van der Waals surface area contributed by atoms with E-state index in [1.165, 1.54) is 42.8 Å². The third kappa shape index (κ3) is 5.91. The van der Waals surface area contributed by atoms with E-state index < -0.39 is 6.04 Å². The minimum atomic E-state index is -0.574. The zero-order chi connectivity index (χ0) is 19.9. The van der Waals surface area contributed by atoms with Gasteiger partial charge in [-0.1, -0.05) is 37.3 Å². The molecule has 3 rings (SSSR count). The van der Waals surface area contributed by atoms with Gasteiger partial charge in [-0.15, -0.1) is 11.3 Å². The van der Waals surface area contributed by atoms with Gasteiger partial charge in [-0.2, -0.15) is 0 Å². The molecule has 2 heterocycles. The molecule has 2 amide bonds. The van der Waals surface area contributed by atoms with Crippen molar-refractivity contribution in [1.29, 1.82) is 0 Å². The maximum absolute atomic E-state index is 12.2. The third-order valence-corrected chi connectivity index (χ3v) is 6.13. The molecule has 0 aliphatic carbocycles. The van der Waals surface area contributed by atoms with Crippen LogP contribution in [-0.2, 0) is 17.9 Å². The fraction of sp³-hybridized carbons (Fsp3) is 0.455. The highest BCUT2D eigenvalue weighted by Gasteiger charge is 2.17. The molecule has 1 saturated heterocycles. The van der Waals surface area contributed by atoms with Crippen LogP contribution in [0.1, 0.15) is 47.5 Å². The predicted octanol–water partition coefficient (Wildman–Crippen LogP) is 3.41. The lowest BCUT2D eigenvalue weighted by molar-refractivity contribution is -0.122. The minimum absolute atomic E-state index is 0.184. The van der Waals surface area contributed by atoms with Crippen molar-refractivity contribution in [1.82, 2.24) is 15.5 Å². The third-order valence-electron chi connectivity index (χ3n) is 5.26. The molecule has 0 spiro atoms. The van der Waals surface area contributed by atoms with Crippen molar-refractivity contribution in [3.63, 3.8) is 0 Å². The van der Waals surface area contributed by atoms with E-state index >= 15 is 0 Å². The maximum atomic E-state index is 12.2. The van der Waals surface area contributed by atoms with Crippen molar-refractivity contribution >= 4 is 23.2 Å². The average molecular weight is 400 g/mol. The molecule has 1 fully saturated rings. The summed E-state index contributed by atoms with van der Waals surface area (Å²) < 4.78 is 0. The first-order chi connectivity index (χ1) is 13.5. The van der Waals surface area contributed by atoms with Gasteiger partial charge in [0.15, 0.2) is 0 Å². The molecule has 1 aromatic heterocycles. The Morgan fingerprint density at radius 3 is 2.46 bits per heavy atom. The van der Waals surface area contributed by atoms with Crippen LogP contribution in [-0.4, -0.2) is 35.8 Å². The summed E-state index contributed by atoms with van der Waals surface area (Å²) in [5.74, 6) is 0.449. The monoisotopic (exact) mass is 399 g/mol. The van der Waals surface area contributed by atoms with Crippen LogP contribution in [0.3, 0.4) is 0 Å². The highest BCUT2D eigenvalue weighted by molar-refractivity contribution is 7.12. The summed E-state index contributed by atoms with van der Waals surface area (Å²) in [7, 11) is 0. The molecule has 0 radical (unpaired) electrons. The predicted molar refractivity (Wildman–Crippen MR) is 113 cm³/mol. The van der Waals surface area contributed by atoms with Gasteiger partial charge in [0.05, 0.1) is 4.88 Å². The Bertz CT molecular complexity index is 766. The first-order valence-electron chi connectivity index (χ1n) is 9.93. The molecule has 6 heteroatoms. The number of hydrogen-bond donors (Lipinski definition) is 2. The number of carbonyl (C=O) groups is 2. The summed E-state index contributed by atoms with van der Waals surface area (Å²) in [5.41, 5.74) is 2.36. The normalized spacial score (nSPS) is 16.5. The van der Waals surface area contributed by atoms with Gasteiger partial charge in [-0.05, 0) is 61.3 Å². The maximum Gasteiger partial charge on any atom is 0.261 e. The van der Waals surface area contributed by atoms with Gasteiger partial charge in [-0.3, -0.25) is 14.5 Å². The molecular weight excluding hydrogens is 370 g/mol. The van der Waals surface area contributed by atoms with Gasteiger partial charge >= 0.3 is 0 Å². The summed E-state index contributed by atoms with van der Waals surface area (Å²) in [4.78, 5) is 27.4. The summed E-state index contributed by atoms with van der Waals surface area (Å²) in [6.45, 7) is 7.82. The van der Waals surface area contributed by atoms with Crippen LogP contribution in [0.5, 0.6) is 0 Å². The Morgan fingerprint density at radius 2 is 1.82 bits per heavy atom. The van der Waals surface area contributed by atoms with Crippen molar-refractivity contribution in [3.05, 3.63) is 57.8 Å². The van der Waals surface area contributed by atoms with E-state index in [4.69, 9.17) is 0 Å². The lowest BCUT2D eigenvalue weighted by atomic mass is 9.99. The summed E-state index contributed by atoms with van der Waals surface area (Å²) >= 11 is 1.36. The Labute approximate surface area is 171 Å². The number of hydrogen-bond acceptors (Lipinski definition) is 4. The fourth-order valence-corrected chi connectivity index (χ4v) is 3.95. The molecule has 28 heavy (non-hydrogen) atoms. The van der Waals surface area contributed by atoms with Crippen LogP contribution < -0.4 is 10.6 Å². The standard InChI is InChI=1S/C22H29N3O2S/c1-16-9-11-25(12-10-16)15-19-7-5-18(6-8-19)14-23-21(26)17(2)24-22(27)20-4-3-13-28-20/h3-8,13,16-17H,9-12,14-15H2,1-2H3,(H,23,26)(H,24,27). The first kappa shape index (κ1) is 20.6. The zero-order valence-corrected chi connectivity index (χ0v) is 17.4. The average Bonchev–Trinajstić information content (AvgIpc) is 3.24. The van der Waals surface area contributed by atoms with E-state index in [0.717, 1.165) is 18.0 Å². The number of nitrogens with zero attached hydrogens (tertiary/aromatic N) is 1. The van der Waals surface area contributed by atoms with Gasteiger partial charge in [0.2, 0.25) is 5.91 Å². The van der Waals surface area contributed by atoms with Gasteiger partial charge < -0.3 is 10.6 Å². The Kier molecular flexibility index (Phi) is 7.23. The lowest BCUT2D eigenvalue weighted by Crippen LogP contribution is -2.44. The van der Waals surface area contributed by atoms with Crippen LogP contribution in [0.15, 0.2) is 41.8 Å². The number of thiophene rings is 1. The second kappa shape index (κ2) is 9.85. The van der Waals surface area contributed by atoms with Gasteiger partial charge in [0.25, 0.3) is 5.91 Å². The molecular formula is C22H29N3O2S. The van der Waals surface area contributed by atoms with Crippen LogP contribution in [0.4, 0.5) is 0 Å². The number of rotatable bonds is 7. The molecule has 150 valence electrons. The summed E-state index contributed by atoms with van der Waals surface area (Å²) in [6, 6.07) is 11.4. The van der Waals surface area contributed by atoms with Crippen LogP contribution in [0.2, 0.25) is 0 Å². The minimum Gasteiger partial charge on any atom is -0.350 e. The molecule has 1 atom stereocenters. The molecule has 2 aromatic rings. The number of benzene rings is 1. The van der Waals surface area contributed by atoms with E-state index in [2.05, 4.69) is 46.7 Å². The van der Waals surface area contributed by atoms with E-state index in [-0.39, 0.29) is 11.8 Å². The quantitative estimate of drug-likeness (QED) is 0.750. The van der Waals surface area contributed by atoms with Crippen molar-refractivity contribution < 1.29 is 9.59 Å². The highest BCUT2D eigenvalue weighted by Crippen LogP contribution is 2.18. The van der Waals surface area contributed by atoms with Crippen LogP contribution >= 0.6 is 11.3 Å². The van der Waals surface area contributed by atoms with Crippen molar-refractivity contribution in [2.24, 2.45) is 5.92 Å². The van der Waals surface area contributed by atoms with E-state index in [1.807, 2.05) is 11.4 Å². The smallest absolute Gasteiger partial charge is 0.261 e. The zero-order valence-electron chi connectivity index (χ0n) is 16.6. The number of piperidine rings is 1. The van der Waals surface area contributed by atoms with Crippen LogP contribution in [0, 0.1) is 5.92 Å². The first-order valence-corrected chi connectivity index (χ1v) is 10.8. The fourth-order valence-electron chi connectivity index (χ4n) is 3.32. The van der Waals surface area contributed by atoms with Crippen LogP contribution in [0.25, 0.3) is 0 Å². The van der Waals surface area contributed by atoms with Gasteiger partial charge in [0.1, 0.15) is 6.04 Å². The van der Waals surface area contributed by atoms with Gasteiger partial charge in [0, 0.05) is 13.1 Å². The molecule has 1 aromatic carbocycles. The Morgan fingerprint density at radius 1 is 1.14 bits per heavy atom. The molecule has 0 bridgehead atoms. The number of likely N-dealkylation sites (tertiary alicyclic amines) is 1. The number of amides is 2. The summed E-state index contributed by atoms with van der Waals surface area (Å²) in [5, 5.41) is 7.47. The molecule has 0 saturated carbocycles. The molecule has 1 aliphatic heterocycles. The van der Waals surface area contributed by atoms with Crippen molar-refractivity contribution in [2.45, 2.75) is 45.8 Å². The molecule has 2 N–H and O–H groups in total. The summed E-state index contributed by atoms with van der Waals surface area (Å²) in [6.07, 6.45) is 2.57.